The summed E-state index contributed by atoms with van der Waals surface area (Å²) < 4.78 is 1.31. The lowest BCUT2D eigenvalue weighted by molar-refractivity contribution is -0.384. The first-order valence-electron chi connectivity index (χ1n) is 3.64. The molecule has 0 atom stereocenters. The van der Waals surface area contributed by atoms with Gasteiger partial charge in [0.25, 0.3) is 0 Å². The molecule has 0 aliphatic carbocycles. The zero-order valence-electron chi connectivity index (χ0n) is 7.43. The Morgan fingerprint density at radius 2 is 2.64 bits per heavy atom. The molecule has 0 unspecified atom stereocenters. The van der Waals surface area contributed by atoms with Crippen LogP contribution < -0.4 is 5.48 Å². The van der Waals surface area contributed by atoms with Crippen LogP contribution in [0.4, 0.5) is 11.5 Å². The summed E-state index contributed by atoms with van der Waals surface area (Å²) in [7, 11) is 1.57. The van der Waals surface area contributed by atoms with Gasteiger partial charge < -0.3 is 0 Å². The molecular formula is C7H8N4O3. The van der Waals surface area contributed by atoms with E-state index in [4.69, 9.17) is 11.3 Å². The number of aromatic nitrogens is 2. The van der Waals surface area contributed by atoms with Crippen molar-refractivity contribution in [3.63, 3.8) is 0 Å². The Kier molecular flexibility index (Phi) is 3.04. The van der Waals surface area contributed by atoms with Gasteiger partial charge in [0.2, 0.25) is 5.82 Å². The molecule has 0 saturated heterocycles. The summed E-state index contributed by atoms with van der Waals surface area (Å²) in [5.74, 6) is 2.24. The number of terminal acetylenes is 1. The average Bonchev–Trinajstić information content (AvgIpc) is 2.47. The van der Waals surface area contributed by atoms with E-state index >= 15 is 0 Å². The lowest BCUT2D eigenvalue weighted by Crippen LogP contribution is -2.04. The van der Waals surface area contributed by atoms with Crippen LogP contribution in [0.3, 0.4) is 0 Å². The Morgan fingerprint density at radius 1 is 1.93 bits per heavy atom. The lowest BCUT2D eigenvalue weighted by atomic mass is 10.5. The third-order valence-electron chi connectivity index (χ3n) is 1.33. The number of hydrogen-bond acceptors (Lipinski definition) is 5. The molecule has 0 aromatic carbocycles. The minimum Gasteiger partial charge on any atom is -0.266 e. The quantitative estimate of drug-likeness (QED) is 0.324. The Labute approximate surface area is 79.8 Å². The summed E-state index contributed by atoms with van der Waals surface area (Å²) >= 11 is 0. The Balaban J connectivity index is 2.75. The van der Waals surface area contributed by atoms with Crippen LogP contribution >= 0.6 is 0 Å². The Hall–Kier alpha value is -2.07. The van der Waals surface area contributed by atoms with E-state index in [1.54, 1.807) is 7.05 Å². The molecule has 0 radical (unpaired) electrons. The third kappa shape index (κ3) is 2.21. The molecule has 1 aromatic rings. The van der Waals surface area contributed by atoms with Crippen molar-refractivity contribution < 1.29 is 9.76 Å². The van der Waals surface area contributed by atoms with Crippen molar-refractivity contribution in [2.24, 2.45) is 7.05 Å². The summed E-state index contributed by atoms with van der Waals surface area (Å²) in [6.45, 7) is 0.00767. The molecule has 1 heterocycles. The predicted molar refractivity (Wildman–Crippen MR) is 48.3 cm³/mol. The molecule has 14 heavy (non-hydrogen) atoms. The maximum atomic E-state index is 10.5. The van der Waals surface area contributed by atoms with E-state index in [1.165, 1.54) is 10.9 Å². The zero-order chi connectivity index (χ0) is 10.6. The fourth-order valence-electron chi connectivity index (χ4n) is 0.828. The zero-order valence-corrected chi connectivity index (χ0v) is 7.43. The number of nitrogens with one attached hydrogen (secondary N) is 1. The maximum absolute atomic E-state index is 10.5. The largest absolute Gasteiger partial charge is 0.332 e. The van der Waals surface area contributed by atoms with Gasteiger partial charge >= 0.3 is 5.69 Å². The van der Waals surface area contributed by atoms with Crippen LogP contribution in [0, 0.1) is 22.5 Å². The molecule has 0 saturated carbocycles. The fourth-order valence-corrected chi connectivity index (χ4v) is 0.828. The molecule has 1 rings (SSSR count). The molecule has 74 valence electrons. The van der Waals surface area contributed by atoms with Crippen LogP contribution in [0.15, 0.2) is 6.20 Å². The van der Waals surface area contributed by atoms with Crippen molar-refractivity contribution >= 4 is 11.5 Å². The van der Waals surface area contributed by atoms with Crippen molar-refractivity contribution in [1.82, 2.24) is 9.78 Å². The molecule has 0 spiro atoms. The standard InChI is InChI=1S/C7H8N4O3/c1-3-4-14-9-7-6(11(12)13)5-10(2)8-7/h1,5H,4H2,2H3,(H,8,9). The Morgan fingerprint density at radius 3 is 3.21 bits per heavy atom. The highest BCUT2D eigenvalue weighted by molar-refractivity contribution is 5.52. The van der Waals surface area contributed by atoms with Crippen LogP contribution in [-0.4, -0.2) is 21.3 Å². The number of hydrogen-bond donors (Lipinski definition) is 1. The SMILES string of the molecule is C#CCONc1nn(C)cc1[N+](=O)[O-]. The summed E-state index contributed by atoms with van der Waals surface area (Å²) in [4.78, 5) is 14.6. The van der Waals surface area contributed by atoms with E-state index in [0.29, 0.717) is 0 Å². The topological polar surface area (TPSA) is 82.2 Å². The van der Waals surface area contributed by atoms with Crippen molar-refractivity contribution in [2.75, 3.05) is 12.1 Å². The summed E-state index contributed by atoms with van der Waals surface area (Å²) in [5, 5.41) is 14.3. The van der Waals surface area contributed by atoms with Gasteiger partial charge in [0.15, 0.2) is 0 Å². The van der Waals surface area contributed by atoms with E-state index in [2.05, 4.69) is 16.5 Å². The van der Waals surface area contributed by atoms with Crippen LogP contribution in [0.1, 0.15) is 0 Å². The van der Waals surface area contributed by atoms with Gasteiger partial charge in [0.05, 0.1) is 4.92 Å². The molecule has 7 heteroatoms. The molecule has 1 aromatic heterocycles. The van der Waals surface area contributed by atoms with Gasteiger partial charge in [-0.05, 0) is 0 Å². The molecule has 0 aliphatic rings. The van der Waals surface area contributed by atoms with Crippen molar-refractivity contribution in [3.05, 3.63) is 16.3 Å². The minimum absolute atomic E-state index is 0.00767. The van der Waals surface area contributed by atoms with E-state index in [0.717, 1.165) is 0 Å². The second-order valence-electron chi connectivity index (χ2n) is 2.39. The summed E-state index contributed by atoms with van der Waals surface area (Å²) in [6, 6.07) is 0. The van der Waals surface area contributed by atoms with Crippen molar-refractivity contribution in [3.8, 4) is 12.3 Å². The van der Waals surface area contributed by atoms with E-state index in [9.17, 15) is 10.1 Å². The number of anilines is 1. The van der Waals surface area contributed by atoms with Gasteiger partial charge in [0.1, 0.15) is 12.8 Å². The van der Waals surface area contributed by atoms with E-state index in [1.807, 2.05) is 0 Å². The van der Waals surface area contributed by atoms with Gasteiger partial charge in [0, 0.05) is 7.05 Å². The second-order valence-corrected chi connectivity index (χ2v) is 2.39. The molecule has 1 N–H and O–H groups in total. The third-order valence-corrected chi connectivity index (χ3v) is 1.33. The van der Waals surface area contributed by atoms with Crippen molar-refractivity contribution in [2.45, 2.75) is 0 Å². The van der Waals surface area contributed by atoms with Gasteiger partial charge in [-0.3, -0.25) is 19.6 Å². The van der Waals surface area contributed by atoms with Gasteiger partial charge in [-0.15, -0.1) is 11.5 Å². The predicted octanol–water partition coefficient (Wildman–Crippen LogP) is 0.305. The lowest BCUT2D eigenvalue weighted by Gasteiger charge is -1.98. The molecule has 0 amide bonds. The highest BCUT2D eigenvalue weighted by Crippen LogP contribution is 2.20. The normalized spacial score (nSPS) is 9.43. The first kappa shape index (κ1) is 10.0. The first-order chi connectivity index (χ1) is 6.65. The minimum atomic E-state index is -0.561. The number of rotatable bonds is 4. The summed E-state index contributed by atoms with van der Waals surface area (Å²) in [6.07, 6.45) is 6.19. The van der Waals surface area contributed by atoms with E-state index in [-0.39, 0.29) is 18.1 Å². The molecule has 0 aliphatic heterocycles. The number of nitrogens with zero attached hydrogens (tertiary/aromatic N) is 3. The van der Waals surface area contributed by atoms with E-state index < -0.39 is 4.92 Å². The number of aryl methyl sites for hydroxylation is 1. The van der Waals surface area contributed by atoms with Crippen LogP contribution in [0.5, 0.6) is 0 Å². The number of nitro groups is 1. The highest BCUT2D eigenvalue weighted by atomic mass is 16.6. The van der Waals surface area contributed by atoms with Gasteiger partial charge in [-0.1, -0.05) is 5.92 Å². The Bertz CT molecular complexity index is 379. The van der Waals surface area contributed by atoms with Crippen LogP contribution in [-0.2, 0) is 11.9 Å². The molecular weight excluding hydrogens is 188 g/mol. The van der Waals surface area contributed by atoms with Gasteiger partial charge in [-0.25, -0.2) is 5.48 Å². The fraction of sp³-hybridized carbons (Fsp3) is 0.286. The average molecular weight is 196 g/mol. The summed E-state index contributed by atoms with van der Waals surface area (Å²) in [5.41, 5.74) is 2.14. The van der Waals surface area contributed by atoms with Crippen LogP contribution in [0.2, 0.25) is 0 Å². The highest BCUT2D eigenvalue weighted by Gasteiger charge is 2.17. The smallest absolute Gasteiger partial charge is 0.266 e. The van der Waals surface area contributed by atoms with Gasteiger partial charge in [-0.2, -0.15) is 0 Å². The molecule has 7 nitrogen and oxygen atoms in total. The van der Waals surface area contributed by atoms with Crippen molar-refractivity contribution in [1.29, 1.82) is 0 Å². The second kappa shape index (κ2) is 4.25. The first-order valence-corrected chi connectivity index (χ1v) is 3.64. The maximum Gasteiger partial charge on any atom is 0.332 e. The monoisotopic (exact) mass is 196 g/mol. The molecule has 0 fully saturated rings. The molecule has 0 bridgehead atoms. The van der Waals surface area contributed by atoms with Crippen LogP contribution in [0.25, 0.3) is 0 Å².